The van der Waals surface area contributed by atoms with Crippen LogP contribution in [0.4, 0.5) is 22.0 Å². The number of aliphatic hydroxyl groups is 1. The van der Waals surface area contributed by atoms with Gasteiger partial charge in [-0.3, -0.25) is 0 Å². The Bertz CT molecular complexity index is 434. The molecule has 0 spiro atoms. The number of aliphatic hydroxyl groups excluding tert-OH is 1. The minimum Gasteiger partial charge on any atom is -0.388 e. The van der Waals surface area contributed by atoms with Crippen LogP contribution in [0.2, 0.25) is 0 Å². The molecule has 0 heterocycles. The van der Waals surface area contributed by atoms with E-state index in [0.29, 0.717) is 12.0 Å². The lowest BCUT2D eigenvalue weighted by atomic mass is 9.94. The molecule has 6 heteroatoms. The highest BCUT2D eigenvalue weighted by Gasteiger charge is 2.43. The van der Waals surface area contributed by atoms with Crippen LogP contribution in [-0.4, -0.2) is 17.5 Å². The van der Waals surface area contributed by atoms with Crippen LogP contribution in [0.15, 0.2) is 18.2 Å². The van der Waals surface area contributed by atoms with Crippen molar-refractivity contribution in [2.75, 3.05) is 0 Å². The van der Waals surface area contributed by atoms with Crippen LogP contribution in [0, 0.1) is 5.82 Å². The van der Waals surface area contributed by atoms with Crippen molar-refractivity contribution in [2.24, 2.45) is 0 Å². The molecule has 1 aromatic rings. The van der Waals surface area contributed by atoms with Crippen LogP contribution in [0.3, 0.4) is 0 Å². The monoisotopic (exact) mass is 296 g/mol. The number of alkyl halides is 4. The SMILES string of the molecule is CCCCc1ccc(F)cc1C(O)CC(F)(F)C(F)F. The first-order valence-electron chi connectivity index (χ1n) is 6.40. The fourth-order valence-corrected chi connectivity index (χ4v) is 1.93. The third-order valence-electron chi connectivity index (χ3n) is 3.05. The van der Waals surface area contributed by atoms with Gasteiger partial charge in [0, 0.05) is 6.42 Å². The lowest BCUT2D eigenvalue weighted by Gasteiger charge is -2.21. The Balaban J connectivity index is 2.95. The van der Waals surface area contributed by atoms with Gasteiger partial charge in [0.1, 0.15) is 5.82 Å². The Morgan fingerprint density at radius 2 is 1.90 bits per heavy atom. The van der Waals surface area contributed by atoms with Gasteiger partial charge in [0.2, 0.25) is 0 Å². The van der Waals surface area contributed by atoms with Crippen molar-refractivity contribution in [3.8, 4) is 0 Å². The van der Waals surface area contributed by atoms with Gasteiger partial charge in [0.05, 0.1) is 6.10 Å². The van der Waals surface area contributed by atoms with Crippen LogP contribution >= 0.6 is 0 Å². The summed E-state index contributed by atoms with van der Waals surface area (Å²) in [4.78, 5) is 0. The molecular weight excluding hydrogens is 279 g/mol. The molecule has 0 saturated carbocycles. The molecule has 1 nitrogen and oxygen atoms in total. The first-order valence-corrected chi connectivity index (χ1v) is 6.40. The highest BCUT2D eigenvalue weighted by atomic mass is 19.3. The molecule has 1 atom stereocenters. The van der Waals surface area contributed by atoms with E-state index in [2.05, 4.69) is 0 Å². The highest BCUT2D eigenvalue weighted by molar-refractivity contribution is 5.30. The fraction of sp³-hybridized carbons (Fsp3) is 0.571. The van der Waals surface area contributed by atoms with Gasteiger partial charge in [-0.1, -0.05) is 19.4 Å². The van der Waals surface area contributed by atoms with Crippen LogP contribution in [0.5, 0.6) is 0 Å². The zero-order chi connectivity index (χ0) is 15.3. The smallest absolute Gasteiger partial charge is 0.310 e. The topological polar surface area (TPSA) is 20.2 Å². The van der Waals surface area contributed by atoms with Gasteiger partial charge in [-0.15, -0.1) is 0 Å². The first kappa shape index (κ1) is 16.9. The number of benzene rings is 1. The van der Waals surface area contributed by atoms with Gasteiger partial charge >= 0.3 is 12.3 Å². The van der Waals surface area contributed by atoms with E-state index < -0.39 is 30.7 Å². The summed E-state index contributed by atoms with van der Waals surface area (Å²) < 4.78 is 63.4. The summed E-state index contributed by atoms with van der Waals surface area (Å²) >= 11 is 0. The normalized spacial score (nSPS) is 13.8. The average Bonchev–Trinajstić information content (AvgIpc) is 2.36. The van der Waals surface area contributed by atoms with E-state index in [1.165, 1.54) is 6.07 Å². The van der Waals surface area contributed by atoms with Gasteiger partial charge in [0.25, 0.3) is 0 Å². The van der Waals surface area contributed by atoms with Crippen LogP contribution in [-0.2, 0) is 6.42 Å². The lowest BCUT2D eigenvalue weighted by Crippen LogP contribution is -2.29. The van der Waals surface area contributed by atoms with E-state index in [9.17, 15) is 27.1 Å². The third kappa shape index (κ3) is 4.44. The molecule has 1 rings (SSSR count). The molecule has 0 radical (unpaired) electrons. The maximum atomic E-state index is 13.2. The molecule has 0 saturated heterocycles. The molecule has 1 aromatic carbocycles. The number of rotatable bonds is 7. The van der Waals surface area contributed by atoms with E-state index >= 15 is 0 Å². The summed E-state index contributed by atoms with van der Waals surface area (Å²) in [6.07, 6.45) is -5.06. The van der Waals surface area contributed by atoms with E-state index in [0.717, 1.165) is 25.0 Å². The van der Waals surface area contributed by atoms with Crippen molar-refractivity contribution in [1.82, 2.24) is 0 Å². The molecule has 0 bridgehead atoms. The molecule has 1 unspecified atom stereocenters. The Morgan fingerprint density at radius 1 is 1.25 bits per heavy atom. The molecule has 20 heavy (non-hydrogen) atoms. The van der Waals surface area contributed by atoms with Crippen molar-refractivity contribution in [1.29, 1.82) is 0 Å². The summed E-state index contributed by atoms with van der Waals surface area (Å²) in [5, 5.41) is 9.73. The van der Waals surface area contributed by atoms with E-state index in [1.807, 2.05) is 6.92 Å². The summed E-state index contributed by atoms with van der Waals surface area (Å²) in [5.74, 6) is -4.99. The molecular formula is C14H17F5O. The Labute approximate surface area is 114 Å². The van der Waals surface area contributed by atoms with Crippen molar-refractivity contribution >= 4 is 0 Å². The zero-order valence-corrected chi connectivity index (χ0v) is 11.1. The van der Waals surface area contributed by atoms with E-state index in [-0.39, 0.29) is 5.56 Å². The number of aryl methyl sites for hydroxylation is 1. The molecule has 0 aliphatic rings. The van der Waals surface area contributed by atoms with E-state index in [1.54, 1.807) is 0 Å². The number of hydrogen-bond acceptors (Lipinski definition) is 1. The van der Waals surface area contributed by atoms with Crippen molar-refractivity contribution in [3.63, 3.8) is 0 Å². The second kappa shape index (κ2) is 7.02. The second-order valence-corrected chi connectivity index (χ2v) is 4.73. The van der Waals surface area contributed by atoms with Crippen LogP contribution < -0.4 is 0 Å². The van der Waals surface area contributed by atoms with Gasteiger partial charge in [-0.25, -0.2) is 22.0 Å². The molecule has 0 aliphatic heterocycles. The van der Waals surface area contributed by atoms with Crippen molar-refractivity contribution < 1.29 is 27.1 Å². The summed E-state index contributed by atoms with van der Waals surface area (Å²) in [6.45, 7) is 1.92. The zero-order valence-electron chi connectivity index (χ0n) is 11.1. The average molecular weight is 296 g/mol. The predicted molar refractivity (Wildman–Crippen MR) is 65.5 cm³/mol. The van der Waals surface area contributed by atoms with Gasteiger partial charge in [0.15, 0.2) is 0 Å². The number of hydrogen-bond donors (Lipinski definition) is 1. The Morgan fingerprint density at radius 3 is 2.45 bits per heavy atom. The van der Waals surface area contributed by atoms with Crippen LogP contribution in [0.1, 0.15) is 43.4 Å². The standard InChI is InChI=1S/C14H17F5O/c1-2-3-4-9-5-6-10(15)7-11(9)12(20)8-14(18,19)13(16)17/h5-7,12-13,20H,2-4,8H2,1H3. The molecule has 1 N–H and O–H groups in total. The molecule has 0 fully saturated rings. The van der Waals surface area contributed by atoms with Crippen LogP contribution in [0.25, 0.3) is 0 Å². The predicted octanol–water partition coefficient (Wildman–Crippen LogP) is 4.49. The largest absolute Gasteiger partial charge is 0.388 e. The van der Waals surface area contributed by atoms with E-state index in [4.69, 9.17) is 0 Å². The summed E-state index contributed by atoms with van der Waals surface area (Å²) in [6, 6.07) is 3.48. The molecule has 114 valence electrons. The minimum atomic E-state index is -4.30. The lowest BCUT2D eigenvalue weighted by molar-refractivity contribution is -0.149. The second-order valence-electron chi connectivity index (χ2n) is 4.73. The maximum absolute atomic E-state index is 13.2. The minimum absolute atomic E-state index is 0.0428. The fourth-order valence-electron chi connectivity index (χ4n) is 1.93. The Kier molecular flexibility index (Phi) is 5.92. The van der Waals surface area contributed by atoms with Gasteiger partial charge < -0.3 is 5.11 Å². The summed E-state index contributed by atoms with van der Waals surface area (Å²) in [7, 11) is 0. The molecule has 0 amide bonds. The van der Waals surface area contributed by atoms with Gasteiger partial charge in [-0.05, 0) is 36.1 Å². The number of unbranched alkanes of at least 4 members (excludes halogenated alkanes) is 1. The maximum Gasteiger partial charge on any atom is 0.310 e. The Hall–Kier alpha value is -1.17. The molecule has 0 aromatic heterocycles. The first-order chi connectivity index (χ1) is 9.27. The highest BCUT2D eigenvalue weighted by Crippen LogP contribution is 2.34. The van der Waals surface area contributed by atoms with Crippen molar-refractivity contribution in [3.05, 3.63) is 35.1 Å². The third-order valence-corrected chi connectivity index (χ3v) is 3.05. The summed E-state index contributed by atoms with van der Waals surface area (Å²) in [5.41, 5.74) is 0.463. The quantitative estimate of drug-likeness (QED) is 0.735. The molecule has 0 aliphatic carbocycles. The number of halogens is 5. The van der Waals surface area contributed by atoms with Gasteiger partial charge in [-0.2, -0.15) is 0 Å². The van der Waals surface area contributed by atoms with Crippen molar-refractivity contribution in [2.45, 2.75) is 51.1 Å².